The maximum absolute atomic E-state index is 13.1. The number of unbranched alkanes of at least 4 members (excludes halogenated alkanes) is 1. The van der Waals surface area contributed by atoms with Crippen LogP contribution in [0, 0.1) is 23.2 Å². The minimum atomic E-state index is -0.706. The number of halogens is 1. The number of allylic oxidation sites excluding steroid dienone is 2. The average molecular weight is 412 g/mol. The van der Waals surface area contributed by atoms with Crippen LogP contribution in [-0.2, 0) is 16.0 Å². The number of hydrogen-bond acceptors (Lipinski definition) is 3. The number of benzene rings is 1. The van der Waals surface area contributed by atoms with Gasteiger partial charge in [0.1, 0.15) is 12.2 Å². The third-order valence-electron chi connectivity index (χ3n) is 6.82. The van der Waals surface area contributed by atoms with Crippen molar-refractivity contribution in [3.05, 3.63) is 47.3 Å². The normalized spacial score (nSPS) is 27.3. The molecule has 4 heteroatoms. The summed E-state index contributed by atoms with van der Waals surface area (Å²) in [4.78, 5) is 12.6. The molecule has 30 heavy (non-hydrogen) atoms. The molecule has 0 radical (unpaired) electrons. The summed E-state index contributed by atoms with van der Waals surface area (Å²) in [6, 6.07) is 10.6. The molecule has 0 saturated heterocycles. The van der Waals surface area contributed by atoms with E-state index in [9.17, 15) is 9.18 Å². The molecule has 2 aliphatic carbocycles. The molecule has 2 saturated carbocycles. The molecule has 0 heterocycles. The molecular formula is C26H34FNO2. The fraction of sp³-hybridized carbons (Fsp3) is 0.615. The molecule has 0 N–H and O–H groups in total. The number of ether oxygens (including phenoxy) is 1. The van der Waals surface area contributed by atoms with Crippen LogP contribution in [0.25, 0.3) is 0 Å². The summed E-state index contributed by atoms with van der Waals surface area (Å²) in [5.74, 6) is -0.109. The minimum absolute atomic E-state index is 0.0127. The summed E-state index contributed by atoms with van der Waals surface area (Å²) in [6.45, 7) is 2.22. The van der Waals surface area contributed by atoms with Gasteiger partial charge in [-0.3, -0.25) is 4.79 Å². The van der Waals surface area contributed by atoms with E-state index < -0.39 is 5.83 Å². The largest absolute Gasteiger partial charge is 0.462 e. The van der Waals surface area contributed by atoms with E-state index in [1.165, 1.54) is 36.1 Å². The van der Waals surface area contributed by atoms with Gasteiger partial charge in [0, 0.05) is 0 Å². The maximum atomic E-state index is 13.1. The number of nitriles is 1. The van der Waals surface area contributed by atoms with Crippen LogP contribution < -0.4 is 0 Å². The zero-order valence-corrected chi connectivity index (χ0v) is 18.1. The van der Waals surface area contributed by atoms with Gasteiger partial charge in [-0.2, -0.15) is 9.65 Å². The lowest BCUT2D eigenvalue weighted by molar-refractivity contribution is -0.157. The highest BCUT2D eigenvalue weighted by atomic mass is 19.1. The predicted octanol–water partition coefficient (Wildman–Crippen LogP) is 6.78. The highest BCUT2D eigenvalue weighted by molar-refractivity contribution is 5.72. The molecule has 1 aromatic carbocycles. The molecule has 0 amide bonds. The standard InChI is InChI=1S/C26H34FNO2/c1-2-3-4-19-5-9-21(10-6-19)22-11-13-23(14-12-22)26(29)30-25-15-7-20(8-16-25)17-24(27)18-28/h5-6,9-10,17,20,22-23,25H,2-4,7-8,11-16H2,1H3/b24-17+. The third kappa shape index (κ3) is 6.42. The van der Waals surface area contributed by atoms with Gasteiger partial charge in [0.2, 0.25) is 0 Å². The van der Waals surface area contributed by atoms with Crippen molar-refractivity contribution in [1.82, 2.24) is 0 Å². The van der Waals surface area contributed by atoms with E-state index in [1.54, 1.807) is 0 Å². The zero-order valence-electron chi connectivity index (χ0n) is 18.1. The first-order chi connectivity index (χ1) is 14.6. The molecule has 0 bridgehead atoms. The first-order valence-corrected chi connectivity index (χ1v) is 11.7. The Morgan fingerprint density at radius 1 is 1.10 bits per heavy atom. The van der Waals surface area contributed by atoms with Crippen molar-refractivity contribution >= 4 is 5.97 Å². The van der Waals surface area contributed by atoms with Gasteiger partial charge >= 0.3 is 5.97 Å². The Morgan fingerprint density at radius 2 is 1.77 bits per heavy atom. The maximum Gasteiger partial charge on any atom is 0.309 e. The van der Waals surface area contributed by atoms with Crippen molar-refractivity contribution in [3.8, 4) is 6.07 Å². The smallest absolute Gasteiger partial charge is 0.309 e. The molecule has 2 aliphatic rings. The van der Waals surface area contributed by atoms with Crippen LogP contribution in [0.15, 0.2) is 36.2 Å². The number of aryl methyl sites for hydroxylation is 1. The first kappa shape index (κ1) is 22.5. The van der Waals surface area contributed by atoms with Crippen molar-refractivity contribution in [2.75, 3.05) is 0 Å². The van der Waals surface area contributed by atoms with E-state index in [0.717, 1.165) is 57.8 Å². The summed E-state index contributed by atoms with van der Waals surface area (Å²) >= 11 is 0. The van der Waals surface area contributed by atoms with Crippen LogP contribution in [-0.4, -0.2) is 12.1 Å². The summed E-state index contributed by atoms with van der Waals surface area (Å²) in [6.07, 6.45) is 11.9. The predicted molar refractivity (Wildman–Crippen MR) is 116 cm³/mol. The highest BCUT2D eigenvalue weighted by Crippen LogP contribution is 2.37. The van der Waals surface area contributed by atoms with Crippen molar-refractivity contribution < 1.29 is 13.9 Å². The number of carbonyl (C=O) groups excluding carboxylic acids is 1. The van der Waals surface area contributed by atoms with E-state index in [0.29, 0.717) is 5.92 Å². The minimum Gasteiger partial charge on any atom is -0.462 e. The van der Waals surface area contributed by atoms with Crippen LogP contribution in [0.5, 0.6) is 0 Å². The monoisotopic (exact) mass is 411 g/mol. The molecule has 1 aromatic rings. The Morgan fingerprint density at radius 3 is 2.37 bits per heavy atom. The molecule has 0 aromatic heterocycles. The van der Waals surface area contributed by atoms with Crippen molar-refractivity contribution in [3.63, 3.8) is 0 Å². The molecule has 162 valence electrons. The van der Waals surface area contributed by atoms with Crippen molar-refractivity contribution in [2.24, 2.45) is 11.8 Å². The molecule has 0 aliphatic heterocycles. The van der Waals surface area contributed by atoms with Gasteiger partial charge in [-0.15, -0.1) is 0 Å². The van der Waals surface area contributed by atoms with Gasteiger partial charge in [0.15, 0.2) is 5.83 Å². The molecule has 0 atom stereocenters. The van der Waals surface area contributed by atoms with Gasteiger partial charge in [-0.05, 0) is 93.2 Å². The van der Waals surface area contributed by atoms with E-state index in [4.69, 9.17) is 10.00 Å². The Hall–Kier alpha value is -2.15. The summed E-state index contributed by atoms with van der Waals surface area (Å²) in [5.41, 5.74) is 2.82. The Balaban J connectivity index is 1.41. The van der Waals surface area contributed by atoms with E-state index in [-0.39, 0.29) is 23.9 Å². The number of esters is 1. The summed E-state index contributed by atoms with van der Waals surface area (Å²) < 4.78 is 18.9. The third-order valence-corrected chi connectivity index (χ3v) is 6.82. The molecule has 2 fully saturated rings. The first-order valence-electron chi connectivity index (χ1n) is 11.7. The van der Waals surface area contributed by atoms with Crippen LogP contribution in [0.4, 0.5) is 4.39 Å². The quantitative estimate of drug-likeness (QED) is 0.367. The summed E-state index contributed by atoms with van der Waals surface area (Å²) in [5, 5.41) is 8.55. The van der Waals surface area contributed by atoms with Crippen molar-refractivity contribution in [1.29, 1.82) is 5.26 Å². The summed E-state index contributed by atoms with van der Waals surface area (Å²) in [7, 11) is 0. The number of hydrogen-bond donors (Lipinski definition) is 0. The second kappa shape index (κ2) is 11.3. The lowest BCUT2D eigenvalue weighted by atomic mass is 9.78. The van der Waals surface area contributed by atoms with Gasteiger partial charge in [0.25, 0.3) is 0 Å². The second-order valence-corrected chi connectivity index (χ2v) is 8.99. The van der Waals surface area contributed by atoms with Gasteiger partial charge in [-0.25, -0.2) is 0 Å². The van der Waals surface area contributed by atoms with E-state index in [2.05, 4.69) is 31.2 Å². The van der Waals surface area contributed by atoms with E-state index >= 15 is 0 Å². The highest BCUT2D eigenvalue weighted by Gasteiger charge is 2.31. The number of nitrogens with zero attached hydrogens (tertiary/aromatic N) is 1. The molecule has 0 spiro atoms. The van der Waals surface area contributed by atoms with Crippen LogP contribution in [0.2, 0.25) is 0 Å². The Kier molecular flexibility index (Phi) is 8.49. The topological polar surface area (TPSA) is 50.1 Å². The molecule has 3 rings (SSSR count). The van der Waals surface area contributed by atoms with Crippen LogP contribution in [0.1, 0.15) is 88.2 Å². The average Bonchev–Trinajstić information content (AvgIpc) is 2.79. The molecular weight excluding hydrogens is 377 g/mol. The SMILES string of the molecule is CCCCc1ccc(C2CCC(C(=O)OC3CCC(/C=C(/F)C#N)CC3)CC2)cc1. The van der Waals surface area contributed by atoms with Crippen LogP contribution in [0.3, 0.4) is 0 Å². The molecule has 3 nitrogen and oxygen atoms in total. The molecule has 0 unspecified atom stereocenters. The lowest BCUT2D eigenvalue weighted by Gasteiger charge is -2.31. The lowest BCUT2D eigenvalue weighted by Crippen LogP contribution is -2.29. The van der Waals surface area contributed by atoms with E-state index in [1.807, 2.05) is 0 Å². The van der Waals surface area contributed by atoms with Gasteiger partial charge in [0.05, 0.1) is 5.92 Å². The zero-order chi connectivity index (χ0) is 21.3. The van der Waals surface area contributed by atoms with Crippen LogP contribution >= 0.6 is 0 Å². The van der Waals surface area contributed by atoms with Gasteiger partial charge < -0.3 is 4.74 Å². The fourth-order valence-electron chi connectivity index (χ4n) is 4.88. The Labute approximate surface area is 180 Å². The number of rotatable bonds is 7. The Bertz CT molecular complexity index is 748. The van der Waals surface area contributed by atoms with Crippen molar-refractivity contribution in [2.45, 2.75) is 89.6 Å². The van der Waals surface area contributed by atoms with Gasteiger partial charge in [-0.1, -0.05) is 37.6 Å². The number of carbonyl (C=O) groups is 1. The second-order valence-electron chi connectivity index (χ2n) is 8.99. The fourth-order valence-corrected chi connectivity index (χ4v) is 4.88.